The molecule has 2 aromatic heterocycles. The number of nitrogens with zero attached hydrogens (tertiary/aromatic N) is 4. The fourth-order valence-corrected chi connectivity index (χ4v) is 4.12. The van der Waals surface area contributed by atoms with E-state index < -0.39 is 23.5 Å². The summed E-state index contributed by atoms with van der Waals surface area (Å²) < 4.78 is 9.80. The highest BCUT2D eigenvalue weighted by atomic mass is 16.5. The molecule has 0 radical (unpaired) electrons. The number of aromatic nitrogens is 4. The number of benzene rings is 2. The van der Waals surface area contributed by atoms with Crippen LogP contribution < -0.4 is 16.4 Å². The fourth-order valence-electron chi connectivity index (χ4n) is 4.12. The molecule has 0 spiro atoms. The quantitative estimate of drug-likeness (QED) is 0.358. The van der Waals surface area contributed by atoms with Gasteiger partial charge in [0.25, 0.3) is 17.0 Å². The second-order valence-corrected chi connectivity index (χ2v) is 9.58. The van der Waals surface area contributed by atoms with Gasteiger partial charge in [-0.2, -0.15) is 5.10 Å². The average molecular weight is 518 g/mol. The predicted octanol–water partition coefficient (Wildman–Crippen LogP) is 3.42. The number of esters is 1. The van der Waals surface area contributed by atoms with E-state index >= 15 is 0 Å². The number of hydrogen-bond donors (Lipinski definition) is 1. The van der Waals surface area contributed by atoms with Gasteiger partial charge in [0.1, 0.15) is 5.69 Å². The molecular formula is C28H31N5O5. The van der Waals surface area contributed by atoms with Gasteiger partial charge in [0, 0.05) is 19.0 Å². The molecule has 0 aliphatic carbocycles. The number of fused-ring (bicyclic) bond motifs is 1. The maximum absolute atomic E-state index is 13.2. The van der Waals surface area contributed by atoms with Gasteiger partial charge in [-0.1, -0.05) is 50.2 Å². The molecule has 1 N–H and O–H groups in total. The molecule has 0 saturated heterocycles. The Morgan fingerprint density at radius 2 is 1.58 bits per heavy atom. The van der Waals surface area contributed by atoms with Crippen molar-refractivity contribution in [2.45, 2.75) is 46.8 Å². The van der Waals surface area contributed by atoms with Gasteiger partial charge in [-0.25, -0.2) is 14.2 Å². The third-order valence-corrected chi connectivity index (χ3v) is 6.43. The molecule has 0 unspecified atom stereocenters. The van der Waals surface area contributed by atoms with Crippen LogP contribution in [0, 0.1) is 12.8 Å². The number of hydrogen-bond acceptors (Lipinski definition) is 6. The third kappa shape index (κ3) is 5.15. The van der Waals surface area contributed by atoms with E-state index in [9.17, 15) is 19.2 Å². The first-order valence-corrected chi connectivity index (χ1v) is 12.5. The summed E-state index contributed by atoms with van der Waals surface area (Å²) in [5.74, 6) is -1.17. The zero-order valence-electron chi connectivity index (χ0n) is 22.1. The number of carbonyl (C=O) groups excluding carboxylic acids is 2. The van der Waals surface area contributed by atoms with E-state index in [1.165, 1.54) is 16.3 Å². The lowest BCUT2D eigenvalue weighted by atomic mass is 10.1. The number of aryl methyl sites for hydroxylation is 1. The molecule has 0 fully saturated rings. The number of ether oxygens (including phenoxy) is 1. The Hall–Kier alpha value is -4.47. The van der Waals surface area contributed by atoms with Gasteiger partial charge in [-0.05, 0) is 44.4 Å². The Bertz CT molecular complexity index is 1610. The average Bonchev–Trinajstić information content (AvgIpc) is 3.11. The van der Waals surface area contributed by atoms with Crippen molar-refractivity contribution in [3.8, 4) is 5.69 Å². The smallest absolute Gasteiger partial charge is 0.360 e. The van der Waals surface area contributed by atoms with Crippen molar-refractivity contribution in [3.63, 3.8) is 0 Å². The first kappa shape index (κ1) is 26.6. The Balaban J connectivity index is 1.58. The summed E-state index contributed by atoms with van der Waals surface area (Å²) in [6, 6.07) is 15.7. The third-order valence-electron chi connectivity index (χ3n) is 6.43. The number of carbonyl (C=O) groups is 2. The molecule has 0 saturated carbocycles. The second-order valence-electron chi connectivity index (χ2n) is 9.58. The predicted molar refractivity (Wildman–Crippen MR) is 145 cm³/mol. The van der Waals surface area contributed by atoms with Crippen LogP contribution in [0.5, 0.6) is 0 Å². The van der Waals surface area contributed by atoms with Crippen LogP contribution in [-0.4, -0.2) is 37.1 Å². The second kappa shape index (κ2) is 10.9. The van der Waals surface area contributed by atoms with Crippen LogP contribution in [0.4, 0.5) is 5.69 Å². The number of anilines is 1. The minimum Gasteiger partial charge on any atom is -0.448 e. The van der Waals surface area contributed by atoms with E-state index in [2.05, 4.69) is 10.4 Å². The van der Waals surface area contributed by atoms with Gasteiger partial charge in [-0.3, -0.25) is 19.1 Å². The number of para-hydroxylation sites is 1. The van der Waals surface area contributed by atoms with Gasteiger partial charge in [-0.15, -0.1) is 0 Å². The van der Waals surface area contributed by atoms with Crippen LogP contribution in [-0.2, 0) is 23.1 Å². The summed E-state index contributed by atoms with van der Waals surface area (Å²) in [6.45, 7) is 7.54. The van der Waals surface area contributed by atoms with Crippen molar-refractivity contribution in [2.24, 2.45) is 13.0 Å². The number of rotatable bonds is 8. The fraction of sp³-hybridized carbons (Fsp3) is 0.321. The molecule has 2 heterocycles. The van der Waals surface area contributed by atoms with Gasteiger partial charge < -0.3 is 10.1 Å². The van der Waals surface area contributed by atoms with Crippen LogP contribution in [0.15, 0.2) is 64.2 Å². The van der Waals surface area contributed by atoms with Gasteiger partial charge in [0.15, 0.2) is 11.8 Å². The zero-order chi connectivity index (χ0) is 27.6. The molecule has 0 aliphatic rings. The normalized spacial score (nSPS) is 12.1. The molecule has 10 heteroatoms. The van der Waals surface area contributed by atoms with E-state index in [1.807, 2.05) is 32.0 Å². The summed E-state index contributed by atoms with van der Waals surface area (Å²) in [4.78, 5) is 52.1. The lowest BCUT2D eigenvalue weighted by Gasteiger charge is -2.15. The van der Waals surface area contributed by atoms with Crippen LogP contribution in [0.1, 0.15) is 43.4 Å². The van der Waals surface area contributed by atoms with E-state index in [0.29, 0.717) is 41.0 Å². The summed E-state index contributed by atoms with van der Waals surface area (Å²) in [7, 11) is 1.72. The van der Waals surface area contributed by atoms with Crippen LogP contribution >= 0.6 is 0 Å². The van der Waals surface area contributed by atoms with Gasteiger partial charge in [0.2, 0.25) is 0 Å². The Morgan fingerprint density at radius 3 is 2.24 bits per heavy atom. The monoisotopic (exact) mass is 517 g/mol. The first-order chi connectivity index (χ1) is 18.1. The molecule has 10 nitrogen and oxygen atoms in total. The van der Waals surface area contributed by atoms with E-state index in [-0.39, 0.29) is 16.9 Å². The van der Waals surface area contributed by atoms with E-state index in [0.717, 1.165) is 0 Å². The standard InChI is InChI=1S/C28H31N5O5/c1-17(2)15-16-32-26(35)22-14-10-9-13-21(22)24(30-32)28(37)38-19(4)25(34)29-23-18(3)31(5)33(27(23)36)20-11-7-6-8-12-20/h6-14,17,19H,15-16H2,1-5H3,(H,29,34)/t19-/m0/s1. The van der Waals surface area contributed by atoms with Crippen molar-refractivity contribution in [1.82, 2.24) is 19.1 Å². The molecule has 38 heavy (non-hydrogen) atoms. The highest BCUT2D eigenvalue weighted by Crippen LogP contribution is 2.17. The van der Waals surface area contributed by atoms with Crippen LogP contribution in [0.2, 0.25) is 0 Å². The Labute approximate surface area is 219 Å². The lowest BCUT2D eigenvalue weighted by Crippen LogP contribution is -2.33. The molecule has 198 valence electrons. The highest BCUT2D eigenvalue weighted by molar-refractivity contribution is 6.03. The maximum Gasteiger partial charge on any atom is 0.360 e. The molecular weight excluding hydrogens is 486 g/mol. The molecule has 1 amide bonds. The molecule has 0 bridgehead atoms. The van der Waals surface area contributed by atoms with Crippen LogP contribution in [0.25, 0.3) is 16.5 Å². The molecule has 4 aromatic rings. The minimum atomic E-state index is -1.23. The SMILES string of the molecule is Cc1c(NC(=O)[C@H](C)OC(=O)c2nn(CCC(C)C)c(=O)c3ccccc23)c(=O)n(-c2ccccc2)n1C. The van der Waals surface area contributed by atoms with Gasteiger partial charge in [0.05, 0.1) is 16.8 Å². The lowest BCUT2D eigenvalue weighted by molar-refractivity contribution is -0.123. The molecule has 0 aliphatic heterocycles. The summed E-state index contributed by atoms with van der Waals surface area (Å²) >= 11 is 0. The van der Waals surface area contributed by atoms with Gasteiger partial charge >= 0.3 is 5.97 Å². The largest absolute Gasteiger partial charge is 0.448 e. The van der Waals surface area contributed by atoms with E-state index in [1.54, 1.807) is 55.1 Å². The summed E-state index contributed by atoms with van der Waals surface area (Å²) in [6.07, 6.45) is -0.529. The zero-order valence-corrected chi connectivity index (χ0v) is 22.1. The Kier molecular flexibility index (Phi) is 7.61. The van der Waals surface area contributed by atoms with Crippen molar-refractivity contribution in [2.75, 3.05) is 5.32 Å². The Morgan fingerprint density at radius 1 is 0.947 bits per heavy atom. The summed E-state index contributed by atoms with van der Waals surface area (Å²) in [5.41, 5.74) is 0.524. The van der Waals surface area contributed by atoms with Crippen LogP contribution in [0.3, 0.4) is 0 Å². The molecule has 1 atom stereocenters. The minimum absolute atomic E-state index is 0.0501. The molecule has 2 aromatic carbocycles. The van der Waals surface area contributed by atoms with Crippen molar-refractivity contribution in [1.29, 1.82) is 0 Å². The van der Waals surface area contributed by atoms with Crippen molar-refractivity contribution < 1.29 is 14.3 Å². The number of amides is 1. The van der Waals surface area contributed by atoms with Crippen molar-refractivity contribution in [3.05, 3.63) is 86.7 Å². The first-order valence-electron chi connectivity index (χ1n) is 12.5. The maximum atomic E-state index is 13.2. The van der Waals surface area contributed by atoms with Crippen molar-refractivity contribution >= 4 is 28.3 Å². The van der Waals surface area contributed by atoms with E-state index in [4.69, 9.17) is 4.74 Å². The summed E-state index contributed by atoms with van der Waals surface area (Å²) in [5, 5.41) is 7.59. The topological polar surface area (TPSA) is 117 Å². The number of nitrogens with one attached hydrogen (secondary N) is 1. The molecule has 4 rings (SSSR count). The highest BCUT2D eigenvalue weighted by Gasteiger charge is 2.26.